The predicted molar refractivity (Wildman–Crippen MR) is 96.3 cm³/mol. The van der Waals surface area contributed by atoms with Crippen LogP contribution in [0.2, 0.25) is 0 Å². The molecule has 5 nitrogen and oxygen atoms in total. The second-order valence-corrected chi connectivity index (χ2v) is 5.97. The monoisotopic (exact) mass is 344 g/mol. The van der Waals surface area contributed by atoms with Gasteiger partial charge in [-0.05, 0) is 36.1 Å². The van der Waals surface area contributed by atoms with E-state index < -0.39 is 18.0 Å². The number of amides is 2. The molecule has 0 aliphatic rings. The fourth-order valence-corrected chi connectivity index (χ4v) is 2.59. The third kappa shape index (κ3) is 5.31. The fraction of sp³-hybridized carbons (Fsp3) is 0.222. The summed E-state index contributed by atoms with van der Waals surface area (Å²) in [5, 5.41) is 5.38. The maximum Gasteiger partial charge on any atom is 0.328 e. The molecule has 6 heteroatoms. The van der Waals surface area contributed by atoms with Crippen LogP contribution in [0, 0.1) is 0 Å². The van der Waals surface area contributed by atoms with E-state index in [0.29, 0.717) is 12.1 Å². The average Bonchev–Trinajstić information content (AvgIpc) is 2.62. The Balaban J connectivity index is 1.99. The number of anilines is 1. The molecule has 0 radical (unpaired) electrons. The maximum atomic E-state index is 12.2. The van der Waals surface area contributed by atoms with Crippen molar-refractivity contribution in [3.8, 4) is 0 Å². The molecule has 24 heavy (non-hydrogen) atoms. The zero-order valence-corrected chi connectivity index (χ0v) is 14.4. The quantitative estimate of drug-likeness (QED) is 0.623. The van der Waals surface area contributed by atoms with Crippen molar-refractivity contribution in [2.45, 2.75) is 17.4 Å². The lowest BCUT2D eigenvalue weighted by atomic mass is 10.1. The van der Waals surface area contributed by atoms with E-state index in [1.807, 2.05) is 60.9 Å². The summed E-state index contributed by atoms with van der Waals surface area (Å²) in [5.74, 6) is -0.480. The molecule has 0 aliphatic heterocycles. The van der Waals surface area contributed by atoms with Crippen molar-refractivity contribution in [3.63, 3.8) is 0 Å². The molecular formula is C18H20N2O3S. The molecule has 0 saturated carbocycles. The third-order valence-corrected chi connectivity index (χ3v) is 4.17. The number of hydrogen-bond acceptors (Lipinski definition) is 4. The van der Waals surface area contributed by atoms with Gasteiger partial charge in [0.1, 0.15) is 6.04 Å². The van der Waals surface area contributed by atoms with Gasteiger partial charge in [-0.2, -0.15) is 0 Å². The largest absolute Gasteiger partial charge is 0.467 e. The summed E-state index contributed by atoms with van der Waals surface area (Å²) >= 11 is 1.63. The Labute approximate surface area is 145 Å². The number of thioether (sulfide) groups is 1. The van der Waals surface area contributed by atoms with Crippen LogP contribution in [0.25, 0.3) is 0 Å². The van der Waals surface area contributed by atoms with Gasteiger partial charge in [0.05, 0.1) is 7.11 Å². The van der Waals surface area contributed by atoms with E-state index in [4.69, 9.17) is 4.74 Å². The van der Waals surface area contributed by atoms with Gasteiger partial charge in [0.25, 0.3) is 0 Å². The Kier molecular flexibility index (Phi) is 6.69. The molecule has 2 amide bonds. The number of urea groups is 1. The van der Waals surface area contributed by atoms with Gasteiger partial charge in [-0.3, -0.25) is 0 Å². The van der Waals surface area contributed by atoms with E-state index in [1.165, 1.54) is 7.11 Å². The zero-order chi connectivity index (χ0) is 17.4. The molecule has 126 valence electrons. The lowest BCUT2D eigenvalue weighted by Crippen LogP contribution is -2.45. The third-order valence-electron chi connectivity index (χ3n) is 3.42. The highest BCUT2D eigenvalue weighted by Gasteiger charge is 2.21. The Morgan fingerprint density at radius 1 is 1.08 bits per heavy atom. The Morgan fingerprint density at radius 3 is 2.33 bits per heavy atom. The standard InChI is InChI=1S/C18H20N2O3S/c1-23-17(21)16(12-13-6-4-3-5-7-13)20-18(22)19-14-8-10-15(24-2)11-9-14/h3-11,16H,12H2,1-2H3,(H2,19,20,22). The van der Waals surface area contributed by atoms with Crippen LogP contribution in [0.1, 0.15) is 5.56 Å². The number of carbonyl (C=O) groups is 2. The predicted octanol–water partition coefficient (Wildman–Crippen LogP) is 3.31. The normalized spacial score (nSPS) is 11.4. The van der Waals surface area contributed by atoms with Crippen molar-refractivity contribution in [1.82, 2.24) is 5.32 Å². The van der Waals surface area contributed by atoms with E-state index in [0.717, 1.165) is 10.5 Å². The van der Waals surface area contributed by atoms with Crippen LogP contribution >= 0.6 is 11.8 Å². The van der Waals surface area contributed by atoms with Crippen LogP contribution in [0.3, 0.4) is 0 Å². The van der Waals surface area contributed by atoms with Crippen molar-refractivity contribution in [2.75, 3.05) is 18.7 Å². The van der Waals surface area contributed by atoms with Gasteiger partial charge < -0.3 is 15.4 Å². The molecule has 2 aromatic carbocycles. The van der Waals surface area contributed by atoms with Crippen molar-refractivity contribution in [2.24, 2.45) is 0 Å². The van der Waals surface area contributed by atoms with E-state index >= 15 is 0 Å². The first-order valence-electron chi connectivity index (χ1n) is 7.45. The number of hydrogen-bond donors (Lipinski definition) is 2. The number of ether oxygens (including phenoxy) is 1. The molecule has 0 spiro atoms. The molecule has 0 aromatic heterocycles. The highest BCUT2D eigenvalue weighted by atomic mass is 32.2. The summed E-state index contributed by atoms with van der Waals surface area (Å²) in [5.41, 5.74) is 1.60. The molecule has 0 heterocycles. The number of nitrogens with one attached hydrogen (secondary N) is 2. The van der Waals surface area contributed by atoms with Crippen LogP contribution in [-0.4, -0.2) is 31.4 Å². The molecule has 0 bridgehead atoms. The van der Waals surface area contributed by atoms with Gasteiger partial charge in [-0.25, -0.2) is 9.59 Å². The van der Waals surface area contributed by atoms with Gasteiger partial charge >= 0.3 is 12.0 Å². The molecule has 1 atom stereocenters. The lowest BCUT2D eigenvalue weighted by molar-refractivity contribution is -0.142. The van der Waals surface area contributed by atoms with Gasteiger partial charge in [0.2, 0.25) is 0 Å². The second kappa shape index (κ2) is 8.98. The minimum atomic E-state index is -0.747. The summed E-state index contributed by atoms with van der Waals surface area (Å²) in [7, 11) is 1.31. The summed E-state index contributed by atoms with van der Waals surface area (Å²) in [6, 6.07) is 15.7. The molecule has 1 unspecified atom stereocenters. The first-order chi connectivity index (χ1) is 11.6. The summed E-state index contributed by atoms with van der Waals surface area (Å²) in [6.07, 6.45) is 2.35. The molecule has 2 aromatic rings. The fourth-order valence-electron chi connectivity index (χ4n) is 2.19. The highest BCUT2D eigenvalue weighted by molar-refractivity contribution is 7.98. The smallest absolute Gasteiger partial charge is 0.328 e. The van der Waals surface area contributed by atoms with Gasteiger partial charge in [0.15, 0.2) is 0 Å². The van der Waals surface area contributed by atoms with Crippen molar-refractivity contribution in [3.05, 3.63) is 60.2 Å². The number of carbonyl (C=O) groups excluding carboxylic acids is 2. The Hall–Kier alpha value is -2.47. The van der Waals surface area contributed by atoms with Crippen LogP contribution in [0.4, 0.5) is 10.5 Å². The molecule has 0 fully saturated rings. The van der Waals surface area contributed by atoms with Crippen LogP contribution in [0.15, 0.2) is 59.5 Å². The van der Waals surface area contributed by atoms with Gasteiger partial charge in [-0.15, -0.1) is 11.8 Å². The van der Waals surface area contributed by atoms with E-state index in [1.54, 1.807) is 11.8 Å². The van der Waals surface area contributed by atoms with Crippen molar-refractivity contribution >= 4 is 29.4 Å². The van der Waals surface area contributed by atoms with Crippen molar-refractivity contribution in [1.29, 1.82) is 0 Å². The number of benzene rings is 2. The van der Waals surface area contributed by atoms with E-state index in [-0.39, 0.29) is 0 Å². The minimum absolute atomic E-state index is 0.367. The lowest BCUT2D eigenvalue weighted by Gasteiger charge is -2.17. The van der Waals surface area contributed by atoms with Crippen LogP contribution < -0.4 is 10.6 Å². The number of rotatable bonds is 6. The molecule has 0 saturated heterocycles. The van der Waals surface area contributed by atoms with E-state index in [2.05, 4.69) is 10.6 Å². The molecule has 0 aliphatic carbocycles. The second-order valence-electron chi connectivity index (χ2n) is 5.09. The minimum Gasteiger partial charge on any atom is -0.467 e. The highest BCUT2D eigenvalue weighted by Crippen LogP contribution is 2.17. The van der Waals surface area contributed by atoms with Crippen molar-refractivity contribution < 1.29 is 14.3 Å². The summed E-state index contributed by atoms with van der Waals surface area (Å²) in [6.45, 7) is 0. The summed E-state index contributed by atoms with van der Waals surface area (Å²) < 4.78 is 4.78. The first kappa shape index (κ1) is 17.9. The molecule has 2 N–H and O–H groups in total. The molecular weight excluding hydrogens is 324 g/mol. The Bertz CT molecular complexity index is 674. The number of esters is 1. The van der Waals surface area contributed by atoms with Gasteiger partial charge in [-0.1, -0.05) is 30.3 Å². The molecule has 2 rings (SSSR count). The average molecular weight is 344 g/mol. The number of methoxy groups -OCH3 is 1. The van der Waals surface area contributed by atoms with Gasteiger partial charge in [0, 0.05) is 17.0 Å². The van der Waals surface area contributed by atoms with Crippen LogP contribution in [0.5, 0.6) is 0 Å². The van der Waals surface area contributed by atoms with E-state index in [9.17, 15) is 9.59 Å². The summed E-state index contributed by atoms with van der Waals surface area (Å²) in [4.78, 5) is 25.2. The zero-order valence-electron chi connectivity index (χ0n) is 13.6. The topological polar surface area (TPSA) is 67.4 Å². The Morgan fingerprint density at radius 2 is 1.75 bits per heavy atom. The SMILES string of the molecule is COC(=O)C(Cc1ccccc1)NC(=O)Nc1ccc(SC)cc1. The maximum absolute atomic E-state index is 12.2. The van der Waals surface area contributed by atoms with Crippen LogP contribution in [-0.2, 0) is 16.0 Å². The first-order valence-corrected chi connectivity index (χ1v) is 8.68.